The fourth-order valence-electron chi connectivity index (χ4n) is 5.05. The zero-order valence-corrected chi connectivity index (χ0v) is 20.8. The molecule has 5 nitrogen and oxygen atoms in total. The van der Waals surface area contributed by atoms with Crippen molar-refractivity contribution in [3.05, 3.63) is 82.4 Å². The molecule has 1 saturated heterocycles. The molecule has 3 aromatic rings. The summed E-state index contributed by atoms with van der Waals surface area (Å²) in [5.74, 6) is 1.80. The minimum absolute atomic E-state index is 0.0674. The number of hydrogen-bond acceptors (Lipinski definition) is 5. The van der Waals surface area contributed by atoms with Crippen LogP contribution in [0.4, 0.5) is 4.39 Å². The van der Waals surface area contributed by atoms with Gasteiger partial charge in [0.25, 0.3) is 0 Å². The van der Waals surface area contributed by atoms with Crippen LogP contribution in [0.5, 0.6) is 23.0 Å². The maximum Gasteiger partial charge on any atom is 0.150 e. The van der Waals surface area contributed by atoms with Gasteiger partial charge in [-0.2, -0.15) is 0 Å². The Labute approximate surface area is 215 Å². The van der Waals surface area contributed by atoms with Crippen LogP contribution in [0.25, 0.3) is 11.1 Å². The van der Waals surface area contributed by atoms with E-state index in [0.29, 0.717) is 17.4 Å². The molecule has 2 heterocycles. The van der Waals surface area contributed by atoms with Crippen molar-refractivity contribution >= 4 is 22.7 Å². The summed E-state index contributed by atoms with van der Waals surface area (Å²) in [7, 11) is 0. The third-order valence-electron chi connectivity index (χ3n) is 6.92. The van der Waals surface area contributed by atoms with Crippen molar-refractivity contribution in [2.45, 2.75) is 19.4 Å². The number of allylic oxidation sites excluding steroid dienone is 1. The van der Waals surface area contributed by atoms with E-state index in [-0.39, 0.29) is 24.1 Å². The number of fused-ring (bicyclic) bond motifs is 1. The molecule has 1 unspecified atom stereocenters. The first-order valence-corrected chi connectivity index (χ1v) is 12.5. The topological polar surface area (TPSA) is 62.2 Å². The first-order valence-electron chi connectivity index (χ1n) is 12.1. The molecular weight excluding hydrogens is 481 g/mol. The highest BCUT2D eigenvalue weighted by molar-refractivity contribution is 6.31. The lowest BCUT2D eigenvalue weighted by molar-refractivity contribution is 0.228. The normalized spacial score (nSPS) is 19.8. The van der Waals surface area contributed by atoms with Gasteiger partial charge in [-0.3, -0.25) is 9.29 Å². The van der Waals surface area contributed by atoms with E-state index in [2.05, 4.69) is 4.90 Å². The van der Waals surface area contributed by atoms with E-state index >= 15 is 0 Å². The van der Waals surface area contributed by atoms with Gasteiger partial charge in [0.2, 0.25) is 0 Å². The highest BCUT2D eigenvalue weighted by Gasteiger charge is 2.30. The highest BCUT2D eigenvalue weighted by Crippen LogP contribution is 2.48. The first kappa shape index (κ1) is 24.5. The van der Waals surface area contributed by atoms with E-state index < -0.39 is 6.10 Å². The Bertz CT molecular complexity index is 1260. The van der Waals surface area contributed by atoms with Crippen LogP contribution < -0.4 is 9.47 Å². The van der Waals surface area contributed by atoms with Crippen molar-refractivity contribution in [3.8, 4) is 23.0 Å². The molecule has 0 spiro atoms. The van der Waals surface area contributed by atoms with Gasteiger partial charge in [0.05, 0.1) is 6.67 Å². The molecule has 36 heavy (non-hydrogen) atoms. The summed E-state index contributed by atoms with van der Waals surface area (Å²) < 4.78 is 25.2. The van der Waals surface area contributed by atoms with Gasteiger partial charge in [0, 0.05) is 35.2 Å². The number of alkyl halides is 1. The number of likely N-dealkylation sites (tertiary alicyclic amines) is 1. The zero-order valence-electron chi connectivity index (χ0n) is 20.1. The number of aromatic hydroxyl groups is 2. The average Bonchev–Trinajstić information content (AvgIpc) is 3.32. The number of benzene rings is 3. The molecule has 0 aliphatic carbocycles. The molecular formula is C29H29ClFNO4. The first-order chi connectivity index (χ1) is 17.4. The van der Waals surface area contributed by atoms with Crippen molar-refractivity contribution in [1.82, 2.24) is 4.90 Å². The Morgan fingerprint density at radius 3 is 2.58 bits per heavy atom. The molecule has 3 aromatic carbocycles. The van der Waals surface area contributed by atoms with Crippen molar-refractivity contribution in [1.29, 1.82) is 0 Å². The molecule has 0 saturated carbocycles. The maximum atomic E-state index is 12.8. The number of hydrogen-bond donors (Lipinski definition) is 2. The summed E-state index contributed by atoms with van der Waals surface area (Å²) in [6.07, 6.45) is 0.464. The van der Waals surface area contributed by atoms with Crippen LogP contribution in [-0.4, -0.2) is 48.0 Å². The van der Waals surface area contributed by atoms with Crippen molar-refractivity contribution in [3.63, 3.8) is 0 Å². The van der Waals surface area contributed by atoms with E-state index in [0.717, 1.165) is 59.6 Å². The fourth-order valence-corrected chi connectivity index (χ4v) is 5.28. The summed E-state index contributed by atoms with van der Waals surface area (Å²) in [6.45, 7) is 4.76. The van der Waals surface area contributed by atoms with Crippen LogP contribution in [0.2, 0.25) is 5.02 Å². The lowest BCUT2D eigenvalue weighted by Gasteiger charge is -2.31. The van der Waals surface area contributed by atoms with Crippen LogP contribution in [0.1, 0.15) is 36.1 Å². The van der Waals surface area contributed by atoms with Crippen LogP contribution in [-0.2, 0) is 0 Å². The van der Waals surface area contributed by atoms with Gasteiger partial charge in [-0.15, -0.1) is 0 Å². The molecule has 2 N–H and O–H groups in total. The Morgan fingerprint density at radius 1 is 1.06 bits per heavy atom. The summed E-state index contributed by atoms with van der Waals surface area (Å²) in [5.41, 5.74) is 4.24. The number of phenolic OH excluding ortho intramolecular Hbond substituents is 2. The van der Waals surface area contributed by atoms with Gasteiger partial charge < -0.3 is 19.7 Å². The molecule has 0 amide bonds. The standard InChI is InChI=1S/C29H29ClFNO4/c1-18-26-15-23(33)4-7-27(26)36-29(28(18)21-12-22(30)14-24(34)13-21)20-2-5-25(6-3-20)35-11-10-32-9-8-19(16-31)17-32/h2-7,12-15,19,29,33-34H,8-11,16-17H2,1H3/t19-,29?/m0/s1. The highest BCUT2D eigenvalue weighted by atomic mass is 35.5. The molecule has 0 aromatic heterocycles. The quantitative estimate of drug-likeness (QED) is 0.381. The number of halogens is 2. The van der Waals surface area contributed by atoms with Gasteiger partial charge in [-0.1, -0.05) is 23.7 Å². The molecule has 2 atom stereocenters. The predicted molar refractivity (Wildman–Crippen MR) is 140 cm³/mol. The largest absolute Gasteiger partial charge is 0.508 e. The van der Waals surface area contributed by atoms with Gasteiger partial charge in [-0.25, -0.2) is 0 Å². The predicted octanol–water partition coefficient (Wildman–Crippen LogP) is 6.49. The molecule has 0 radical (unpaired) electrons. The summed E-state index contributed by atoms with van der Waals surface area (Å²) in [6, 6.07) is 17.8. The minimum Gasteiger partial charge on any atom is -0.508 e. The third kappa shape index (κ3) is 5.15. The van der Waals surface area contributed by atoms with Crippen molar-refractivity contribution in [2.24, 2.45) is 5.92 Å². The Morgan fingerprint density at radius 2 is 1.86 bits per heavy atom. The summed E-state index contributed by atoms with van der Waals surface area (Å²) >= 11 is 6.27. The van der Waals surface area contributed by atoms with Gasteiger partial charge in [0.1, 0.15) is 35.7 Å². The van der Waals surface area contributed by atoms with E-state index in [1.54, 1.807) is 30.3 Å². The molecule has 2 aliphatic heterocycles. The molecule has 5 rings (SSSR count). The van der Waals surface area contributed by atoms with E-state index in [1.807, 2.05) is 31.2 Å². The van der Waals surface area contributed by atoms with Gasteiger partial charge in [0.15, 0.2) is 0 Å². The molecule has 188 valence electrons. The molecule has 2 aliphatic rings. The number of rotatable bonds is 7. The smallest absolute Gasteiger partial charge is 0.150 e. The SMILES string of the molecule is CC1=C(c2cc(O)cc(Cl)c2)C(c2ccc(OCCN3CC[C@@H](CF)C3)cc2)Oc2ccc(O)cc21. The second kappa shape index (κ2) is 10.4. The number of ether oxygens (including phenoxy) is 2. The summed E-state index contributed by atoms with van der Waals surface area (Å²) in [4.78, 5) is 2.24. The van der Waals surface area contributed by atoms with Crippen LogP contribution in [0.3, 0.4) is 0 Å². The lowest BCUT2D eigenvalue weighted by atomic mass is 9.86. The number of phenols is 2. The van der Waals surface area contributed by atoms with Crippen molar-refractivity contribution in [2.75, 3.05) is 32.9 Å². The second-order valence-electron chi connectivity index (χ2n) is 9.44. The monoisotopic (exact) mass is 509 g/mol. The Kier molecular flexibility index (Phi) is 7.08. The lowest BCUT2D eigenvalue weighted by Crippen LogP contribution is -2.26. The van der Waals surface area contributed by atoms with Crippen LogP contribution >= 0.6 is 11.6 Å². The van der Waals surface area contributed by atoms with E-state index in [1.165, 1.54) is 6.07 Å². The fraction of sp³-hybridized carbons (Fsp3) is 0.310. The minimum atomic E-state index is -0.448. The molecule has 0 bridgehead atoms. The van der Waals surface area contributed by atoms with Crippen LogP contribution in [0.15, 0.2) is 60.7 Å². The van der Waals surface area contributed by atoms with Crippen molar-refractivity contribution < 1.29 is 24.1 Å². The second-order valence-corrected chi connectivity index (χ2v) is 9.88. The molecule has 7 heteroatoms. The Balaban J connectivity index is 1.39. The van der Waals surface area contributed by atoms with E-state index in [9.17, 15) is 14.6 Å². The van der Waals surface area contributed by atoms with Gasteiger partial charge in [-0.05, 0) is 85.1 Å². The maximum absolute atomic E-state index is 12.8. The summed E-state index contributed by atoms with van der Waals surface area (Å²) in [5, 5.41) is 20.7. The number of nitrogens with zero attached hydrogens (tertiary/aromatic N) is 1. The third-order valence-corrected chi connectivity index (χ3v) is 7.14. The van der Waals surface area contributed by atoms with Gasteiger partial charge >= 0.3 is 0 Å². The Hall–Kier alpha value is -3.22. The van der Waals surface area contributed by atoms with E-state index in [4.69, 9.17) is 21.1 Å². The molecule has 1 fully saturated rings. The average molecular weight is 510 g/mol. The zero-order chi connectivity index (χ0) is 25.2. The van der Waals surface area contributed by atoms with Crippen LogP contribution in [0, 0.1) is 5.92 Å².